The van der Waals surface area contributed by atoms with Crippen molar-refractivity contribution in [2.45, 2.75) is 20.3 Å². The Morgan fingerprint density at radius 1 is 1.41 bits per heavy atom. The summed E-state index contributed by atoms with van der Waals surface area (Å²) in [5, 5.41) is 0. The molecule has 1 unspecified atom stereocenters. The summed E-state index contributed by atoms with van der Waals surface area (Å²) in [6.07, 6.45) is 2.24. The molecule has 0 aliphatic rings. The van der Waals surface area contributed by atoms with Crippen LogP contribution in [0.3, 0.4) is 0 Å². The summed E-state index contributed by atoms with van der Waals surface area (Å²) < 4.78 is 15.4. The lowest BCUT2D eigenvalue weighted by Crippen LogP contribution is -2.18. The zero-order valence-electron chi connectivity index (χ0n) is 10.5. The highest BCUT2D eigenvalue weighted by atomic mass is 16.6. The van der Waals surface area contributed by atoms with Crippen molar-refractivity contribution in [3.8, 4) is 17.4 Å². The zero-order valence-corrected chi connectivity index (χ0v) is 10.5. The van der Waals surface area contributed by atoms with Crippen LogP contribution in [0.1, 0.15) is 20.3 Å². The highest BCUT2D eigenvalue weighted by molar-refractivity contribution is 5.76. The van der Waals surface area contributed by atoms with Crippen LogP contribution >= 0.6 is 0 Å². The summed E-state index contributed by atoms with van der Waals surface area (Å²) >= 11 is 0. The van der Waals surface area contributed by atoms with Gasteiger partial charge >= 0.3 is 5.97 Å². The maximum absolute atomic E-state index is 11.7. The van der Waals surface area contributed by atoms with E-state index in [1.807, 2.05) is 6.92 Å². The topological polar surface area (TPSA) is 57.7 Å². The zero-order chi connectivity index (χ0) is 12.8. The molecule has 1 aromatic heterocycles. The molecule has 1 rings (SSSR count). The molecule has 0 aliphatic heterocycles. The average molecular weight is 239 g/mol. The molecule has 0 amide bonds. The fourth-order valence-corrected chi connectivity index (χ4v) is 1.18. The number of carbonyl (C=O) groups excluding carboxylic acids is 1. The van der Waals surface area contributed by atoms with E-state index in [0.717, 1.165) is 0 Å². The third kappa shape index (κ3) is 3.09. The summed E-state index contributed by atoms with van der Waals surface area (Å²) in [6, 6.07) is 1.61. The maximum atomic E-state index is 11.7. The van der Waals surface area contributed by atoms with E-state index in [0.29, 0.717) is 12.2 Å². The van der Waals surface area contributed by atoms with Gasteiger partial charge in [0.1, 0.15) is 0 Å². The van der Waals surface area contributed by atoms with Gasteiger partial charge in [-0.15, -0.1) is 0 Å². The first-order valence-corrected chi connectivity index (χ1v) is 5.42. The van der Waals surface area contributed by atoms with Crippen LogP contribution in [0.5, 0.6) is 17.4 Å². The van der Waals surface area contributed by atoms with Crippen LogP contribution in [0, 0.1) is 5.92 Å². The van der Waals surface area contributed by atoms with Crippen molar-refractivity contribution in [1.29, 1.82) is 0 Å². The molecule has 1 heterocycles. The summed E-state index contributed by atoms with van der Waals surface area (Å²) in [6.45, 7) is 3.72. The summed E-state index contributed by atoms with van der Waals surface area (Å²) in [5.74, 6) is 0.388. The number of nitrogens with zero attached hydrogens (tertiary/aromatic N) is 1. The Kier molecular flexibility index (Phi) is 4.75. The molecule has 0 radical (unpaired) electrons. The largest absolute Gasteiger partial charge is 0.493 e. The standard InChI is InChI=1S/C12H17NO4/c1-5-8(2)12(14)17-10-9(15-3)6-7-13-11(10)16-4/h6-8H,5H2,1-4H3. The molecule has 94 valence electrons. The molecule has 0 bridgehead atoms. The fraction of sp³-hybridized carbons (Fsp3) is 0.500. The highest BCUT2D eigenvalue weighted by Crippen LogP contribution is 2.35. The number of methoxy groups -OCH3 is 2. The molecule has 0 spiro atoms. The first-order chi connectivity index (χ1) is 8.13. The molecule has 5 nitrogen and oxygen atoms in total. The van der Waals surface area contributed by atoms with Gasteiger partial charge in [0, 0.05) is 12.3 Å². The molecule has 0 saturated heterocycles. The number of carbonyl (C=O) groups is 1. The van der Waals surface area contributed by atoms with Gasteiger partial charge in [-0.1, -0.05) is 13.8 Å². The highest BCUT2D eigenvalue weighted by Gasteiger charge is 2.20. The minimum absolute atomic E-state index is 0.176. The summed E-state index contributed by atoms with van der Waals surface area (Å²) in [4.78, 5) is 15.7. The Morgan fingerprint density at radius 2 is 2.12 bits per heavy atom. The van der Waals surface area contributed by atoms with E-state index in [9.17, 15) is 4.79 Å². The molecule has 1 aromatic rings. The lowest BCUT2D eigenvalue weighted by molar-refractivity contribution is -0.138. The lowest BCUT2D eigenvalue weighted by atomic mass is 10.1. The third-order valence-corrected chi connectivity index (χ3v) is 2.47. The van der Waals surface area contributed by atoms with Crippen molar-refractivity contribution in [2.24, 2.45) is 5.92 Å². The van der Waals surface area contributed by atoms with E-state index < -0.39 is 0 Å². The van der Waals surface area contributed by atoms with Crippen molar-refractivity contribution in [1.82, 2.24) is 4.98 Å². The van der Waals surface area contributed by atoms with E-state index in [-0.39, 0.29) is 23.5 Å². The van der Waals surface area contributed by atoms with Gasteiger partial charge in [-0.2, -0.15) is 0 Å². The van der Waals surface area contributed by atoms with E-state index in [1.165, 1.54) is 20.4 Å². The number of hydrogen-bond donors (Lipinski definition) is 0. The monoisotopic (exact) mass is 239 g/mol. The number of ether oxygens (including phenoxy) is 3. The smallest absolute Gasteiger partial charge is 0.314 e. The van der Waals surface area contributed by atoms with Crippen LogP contribution in [0.4, 0.5) is 0 Å². The quantitative estimate of drug-likeness (QED) is 0.736. The SMILES string of the molecule is CCC(C)C(=O)Oc1c(OC)ccnc1OC. The van der Waals surface area contributed by atoms with E-state index in [1.54, 1.807) is 13.0 Å². The Bertz CT molecular complexity index is 370. The van der Waals surface area contributed by atoms with Gasteiger partial charge in [0.05, 0.1) is 20.1 Å². The van der Waals surface area contributed by atoms with Crippen LogP contribution in [0.15, 0.2) is 12.3 Å². The molecule has 0 saturated carbocycles. The Morgan fingerprint density at radius 3 is 2.65 bits per heavy atom. The third-order valence-electron chi connectivity index (χ3n) is 2.47. The summed E-state index contributed by atoms with van der Waals surface area (Å²) in [5.41, 5.74) is 0. The molecule has 0 aliphatic carbocycles. The van der Waals surface area contributed by atoms with Crippen LogP contribution in [0.25, 0.3) is 0 Å². The second-order valence-corrected chi connectivity index (χ2v) is 3.58. The number of rotatable bonds is 5. The molecule has 5 heteroatoms. The number of aromatic nitrogens is 1. The number of hydrogen-bond acceptors (Lipinski definition) is 5. The predicted octanol–water partition coefficient (Wildman–Crippen LogP) is 2.05. The van der Waals surface area contributed by atoms with Gasteiger partial charge in [0.15, 0.2) is 5.75 Å². The average Bonchev–Trinajstić information content (AvgIpc) is 2.37. The molecule has 0 N–H and O–H groups in total. The minimum atomic E-state index is -0.322. The van der Waals surface area contributed by atoms with Gasteiger partial charge in [-0.3, -0.25) is 4.79 Å². The minimum Gasteiger partial charge on any atom is -0.493 e. The van der Waals surface area contributed by atoms with Crippen LogP contribution in [-0.4, -0.2) is 25.2 Å². The molecular weight excluding hydrogens is 222 g/mol. The lowest BCUT2D eigenvalue weighted by Gasteiger charge is -2.13. The molecule has 0 fully saturated rings. The normalized spacial score (nSPS) is 11.8. The number of pyridine rings is 1. The van der Waals surface area contributed by atoms with E-state index in [2.05, 4.69) is 4.98 Å². The van der Waals surface area contributed by atoms with Crippen molar-refractivity contribution in [3.05, 3.63) is 12.3 Å². The van der Waals surface area contributed by atoms with Crippen LogP contribution in [0.2, 0.25) is 0 Å². The van der Waals surface area contributed by atoms with Crippen LogP contribution in [-0.2, 0) is 4.79 Å². The Labute approximate surface area is 101 Å². The second kappa shape index (κ2) is 6.08. The van der Waals surface area contributed by atoms with Crippen LogP contribution < -0.4 is 14.2 Å². The molecule has 1 atom stereocenters. The Hall–Kier alpha value is -1.78. The Balaban J connectivity index is 2.99. The van der Waals surface area contributed by atoms with Gasteiger partial charge in [0.25, 0.3) is 5.88 Å². The fourth-order valence-electron chi connectivity index (χ4n) is 1.18. The van der Waals surface area contributed by atoms with Crippen molar-refractivity contribution >= 4 is 5.97 Å². The number of esters is 1. The maximum Gasteiger partial charge on any atom is 0.314 e. The molecule has 0 aromatic carbocycles. The van der Waals surface area contributed by atoms with Crippen molar-refractivity contribution in [2.75, 3.05) is 14.2 Å². The first-order valence-electron chi connectivity index (χ1n) is 5.42. The second-order valence-electron chi connectivity index (χ2n) is 3.58. The van der Waals surface area contributed by atoms with Gasteiger partial charge in [-0.05, 0) is 6.42 Å². The first kappa shape index (κ1) is 13.3. The van der Waals surface area contributed by atoms with Gasteiger partial charge < -0.3 is 14.2 Å². The van der Waals surface area contributed by atoms with Gasteiger partial charge in [0.2, 0.25) is 5.75 Å². The predicted molar refractivity (Wildman–Crippen MR) is 62.4 cm³/mol. The molecule has 17 heavy (non-hydrogen) atoms. The molecular formula is C12H17NO4. The van der Waals surface area contributed by atoms with Crippen molar-refractivity contribution < 1.29 is 19.0 Å². The van der Waals surface area contributed by atoms with Gasteiger partial charge in [-0.25, -0.2) is 4.98 Å². The van der Waals surface area contributed by atoms with E-state index in [4.69, 9.17) is 14.2 Å². The summed E-state index contributed by atoms with van der Waals surface area (Å²) in [7, 11) is 2.96. The van der Waals surface area contributed by atoms with Crippen molar-refractivity contribution in [3.63, 3.8) is 0 Å². The van der Waals surface area contributed by atoms with E-state index >= 15 is 0 Å².